The predicted octanol–water partition coefficient (Wildman–Crippen LogP) is 1.97. The van der Waals surface area contributed by atoms with Crippen LogP contribution in [0.2, 0.25) is 0 Å². The van der Waals surface area contributed by atoms with Crippen molar-refractivity contribution in [1.29, 1.82) is 0 Å². The predicted molar refractivity (Wildman–Crippen MR) is 63.6 cm³/mol. The number of fused-ring (bicyclic) bond motifs is 1. The summed E-state index contributed by atoms with van der Waals surface area (Å²) in [5.74, 6) is 1.92. The van der Waals surface area contributed by atoms with E-state index in [4.69, 9.17) is 0 Å². The van der Waals surface area contributed by atoms with Crippen LogP contribution in [-0.4, -0.2) is 27.7 Å². The van der Waals surface area contributed by atoms with Gasteiger partial charge in [0, 0.05) is 19.3 Å². The van der Waals surface area contributed by atoms with E-state index in [1.807, 2.05) is 16.8 Å². The monoisotopic (exact) mass is 216 g/mol. The summed E-state index contributed by atoms with van der Waals surface area (Å²) in [6.07, 6.45) is 6.13. The Labute approximate surface area is 94.9 Å². The van der Waals surface area contributed by atoms with Gasteiger partial charge in [0.1, 0.15) is 11.8 Å². The van der Waals surface area contributed by atoms with E-state index in [1.54, 1.807) is 6.33 Å². The second-order valence-electron chi connectivity index (χ2n) is 4.59. The second-order valence-corrected chi connectivity index (χ2v) is 4.59. The van der Waals surface area contributed by atoms with Gasteiger partial charge in [-0.15, -0.1) is 0 Å². The Hall–Kier alpha value is -1.58. The number of piperidine rings is 1. The number of rotatable bonds is 1. The number of aromatic nitrogens is 3. The van der Waals surface area contributed by atoms with E-state index >= 15 is 0 Å². The van der Waals surface area contributed by atoms with Crippen LogP contribution >= 0.6 is 0 Å². The van der Waals surface area contributed by atoms with E-state index in [2.05, 4.69) is 28.0 Å². The molecule has 1 fully saturated rings. The maximum Gasteiger partial charge on any atom is 0.156 e. The van der Waals surface area contributed by atoms with Crippen molar-refractivity contribution in [2.75, 3.05) is 18.0 Å². The summed E-state index contributed by atoms with van der Waals surface area (Å²) in [4.78, 5) is 6.79. The first-order valence-corrected chi connectivity index (χ1v) is 5.88. The van der Waals surface area contributed by atoms with E-state index in [0.29, 0.717) is 0 Å². The largest absolute Gasteiger partial charge is 0.355 e. The Morgan fingerprint density at radius 1 is 1.31 bits per heavy atom. The average molecular weight is 216 g/mol. The van der Waals surface area contributed by atoms with Crippen LogP contribution in [0.3, 0.4) is 0 Å². The van der Waals surface area contributed by atoms with Crippen molar-refractivity contribution < 1.29 is 0 Å². The lowest BCUT2D eigenvalue weighted by Crippen LogP contribution is -2.33. The molecular formula is C12H16N4. The molecule has 4 heteroatoms. The van der Waals surface area contributed by atoms with Crippen LogP contribution in [0.1, 0.15) is 19.8 Å². The number of hydrogen-bond acceptors (Lipinski definition) is 3. The molecule has 1 saturated heterocycles. The van der Waals surface area contributed by atoms with Crippen molar-refractivity contribution in [1.82, 2.24) is 14.6 Å². The molecule has 2 aromatic rings. The lowest BCUT2D eigenvalue weighted by atomic mass is 9.99. The standard InChI is InChI=1S/C12H16N4/c1-10-4-7-15(8-5-10)12-11-3-2-6-16(11)14-9-13-12/h2-3,6,9-10H,4-5,7-8H2,1H3. The fourth-order valence-corrected chi connectivity index (χ4v) is 2.32. The minimum atomic E-state index is 0.848. The molecule has 0 radical (unpaired) electrons. The molecule has 0 aliphatic carbocycles. The summed E-state index contributed by atoms with van der Waals surface area (Å²) in [5, 5.41) is 4.19. The number of nitrogens with zero attached hydrogens (tertiary/aromatic N) is 4. The quantitative estimate of drug-likeness (QED) is 0.730. The zero-order valence-electron chi connectivity index (χ0n) is 9.50. The van der Waals surface area contributed by atoms with Gasteiger partial charge in [0.2, 0.25) is 0 Å². The Kier molecular flexibility index (Phi) is 2.27. The van der Waals surface area contributed by atoms with E-state index in [1.165, 1.54) is 12.8 Å². The van der Waals surface area contributed by atoms with Gasteiger partial charge in [-0.05, 0) is 30.9 Å². The molecule has 3 rings (SSSR count). The van der Waals surface area contributed by atoms with E-state index in [0.717, 1.165) is 30.3 Å². The van der Waals surface area contributed by atoms with Crippen molar-refractivity contribution >= 4 is 11.3 Å². The summed E-state index contributed by atoms with van der Waals surface area (Å²) in [7, 11) is 0. The minimum Gasteiger partial charge on any atom is -0.355 e. The van der Waals surface area contributed by atoms with Crippen LogP contribution in [0.5, 0.6) is 0 Å². The van der Waals surface area contributed by atoms with Gasteiger partial charge < -0.3 is 4.90 Å². The summed E-state index contributed by atoms with van der Waals surface area (Å²) >= 11 is 0. The lowest BCUT2D eigenvalue weighted by Gasteiger charge is -2.31. The number of hydrogen-bond donors (Lipinski definition) is 0. The van der Waals surface area contributed by atoms with Crippen molar-refractivity contribution in [2.24, 2.45) is 5.92 Å². The first-order chi connectivity index (χ1) is 7.84. The maximum atomic E-state index is 4.42. The maximum absolute atomic E-state index is 4.42. The Morgan fingerprint density at radius 2 is 2.12 bits per heavy atom. The second kappa shape index (κ2) is 3.77. The van der Waals surface area contributed by atoms with Crippen LogP contribution < -0.4 is 4.90 Å². The first kappa shape index (κ1) is 9.63. The van der Waals surface area contributed by atoms with Gasteiger partial charge in [-0.25, -0.2) is 9.50 Å². The van der Waals surface area contributed by atoms with Crippen LogP contribution in [0.15, 0.2) is 24.7 Å². The molecule has 0 spiro atoms. The molecule has 3 heterocycles. The summed E-state index contributed by atoms with van der Waals surface area (Å²) in [5.41, 5.74) is 1.11. The highest BCUT2D eigenvalue weighted by Crippen LogP contribution is 2.24. The van der Waals surface area contributed by atoms with Gasteiger partial charge >= 0.3 is 0 Å². The molecule has 4 nitrogen and oxygen atoms in total. The number of anilines is 1. The van der Waals surface area contributed by atoms with Gasteiger partial charge in [-0.3, -0.25) is 0 Å². The summed E-state index contributed by atoms with van der Waals surface area (Å²) in [6, 6.07) is 4.09. The smallest absolute Gasteiger partial charge is 0.156 e. The molecule has 0 atom stereocenters. The summed E-state index contributed by atoms with van der Waals surface area (Å²) in [6.45, 7) is 4.54. The molecule has 0 N–H and O–H groups in total. The normalized spacial score (nSPS) is 18.2. The van der Waals surface area contributed by atoms with Gasteiger partial charge in [0.15, 0.2) is 5.82 Å². The molecule has 2 aromatic heterocycles. The average Bonchev–Trinajstić information content (AvgIpc) is 2.78. The van der Waals surface area contributed by atoms with Crippen LogP contribution in [0, 0.1) is 5.92 Å². The van der Waals surface area contributed by atoms with Crippen LogP contribution in [0.4, 0.5) is 5.82 Å². The molecule has 0 bridgehead atoms. The third kappa shape index (κ3) is 1.54. The Bertz CT molecular complexity index is 482. The highest BCUT2D eigenvalue weighted by Gasteiger charge is 2.18. The van der Waals surface area contributed by atoms with Crippen molar-refractivity contribution in [2.45, 2.75) is 19.8 Å². The Balaban J connectivity index is 1.96. The van der Waals surface area contributed by atoms with E-state index in [-0.39, 0.29) is 0 Å². The SMILES string of the molecule is CC1CCN(c2ncnn3cccc23)CC1. The fraction of sp³-hybridized carbons (Fsp3) is 0.500. The summed E-state index contributed by atoms with van der Waals surface area (Å²) < 4.78 is 1.89. The molecule has 0 unspecified atom stereocenters. The van der Waals surface area contributed by atoms with Crippen LogP contribution in [0.25, 0.3) is 5.52 Å². The third-order valence-corrected chi connectivity index (χ3v) is 3.40. The zero-order valence-corrected chi connectivity index (χ0v) is 9.50. The minimum absolute atomic E-state index is 0.848. The first-order valence-electron chi connectivity index (χ1n) is 5.88. The van der Waals surface area contributed by atoms with Gasteiger partial charge in [0.05, 0.1) is 0 Å². The molecule has 0 saturated carbocycles. The highest BCUT2D eigenvalue weighted by molar-refractivity contribution is 5.68. The Morgan fingerprint density at radius 3 is 2.94 bits per heavy atom. The van der Waals surface area contributed by atoms with E-state index in [9.17, 15) is 0 Å². The highest BCUT2D eigenvalue weighted by atomic mass is 15.3. The van der Waals surface area contributed by atoms with Crippen molar-refractivity contribution in [3.05, 3.63) is 24.7 Å². The van der Waals surface area contributed by atoms with Gasteiger partial charge in [0.25, 0.3) is 0 Å². The fourth-order valence-electron chi connectivity index (χ4n) is 2.32. The molecule has 16 heavy (non-hydrogen) atoms. The van der Waals surface area contributed by atoms with Gasteiger partial charge in [-0.1, -0.05) is 6.92 Å². The topological polar surface area (TPSA) is 33.4 Å². The van der Waals surface area contributed by atoms with Crippen molar-refractivity contribution in [3.63, 3.8) is 0 Å². The third-order valence-electron chi connectivity index (χ3n) is 3.40. The van der Waals surface area contributed by atoms with E-state index < -0.39 is 0 Å². The van der Waals surface area contributed by atoms with Crippen LogP contribution in [-0.2, 0) is 0 Å². The molecule has 0 amide bonds. The van der Waals surface area contributed by atoms with Gasteiger partial charge in [-0.2, -0.15) is 5.10 Å². The zero-order chi connectivity index (χ0) is 11.0. The molecule has 84 valence electrons. The molecule has 1 aliphatic heterocycles. The lowest BCUT2D eigenvalue weighted by molar-refractivity contribution is 0.436. The molecule has 0 aromatic carbocycles. The molecular weight excluding hydrogens is 200 g/mol. The van der Waals surface area contributed by atoms with Crippen molar-refractivity contribution in [3.8, 4) is 0 Å². The molecule has 1 aliphatic rings.